The third-order valence-corrected chi connectivity index (χ3v) is 4.69. The van der Waals surface area contributed by atoms with E-state index in [1.165, 1.54) is 5.56 Å². The number of isocyanates is 1. The highest BCUT2D eigenvalue weighted by molar-refractivity contribution is 5.47. The van der Waals surface area contributed by atoms with E-state index in [0.29, 0.717) is 0 Å². The van der Waals surface area contributed by atoms with E-state index in [1.54, 1.807) is 12.1 Å². The van der Waals surface area contributed by atoms with Crippen LogP contribution in [0.2, 0.25) is 0 Å². The zero-order valence-electron chi connectivity index (χ0n) is 14.4. The van der Waals surface area contributed by atoms with Crippen molar-refractivity contribution in [2.45, 2.75) is 71.3 Å². The molecule has 0 amide bonds. The molecule has 0 bridgehead atoms. The van der Waals surface area contributed by atoms with Crippen LogP contribution in [0.3, 0.4) is 0 Å². The van der Waals surface area contributed by atoms with Crippen molar-refractivity contribution in [2.75, 3.05) is 0 Å². The molecule has 1 aliphatic carbocycles. The van der Waals surface area contributed by atoms with Gasteiger partial charge in [-0.05, 0) is 54.2 Å². The summed E-state index contributed by atoms with van der Waals surface area (Å²) in [6.07, 6.45) is 5.37. The van der Waals surface area contributed by atoms with Crippen molar-refractivity contribution >= 4 is 6.08 Å². The van der Waals surface area contributed by atoms with Gasteiger partial charge in [0, 0.05) is 5.56 Å². The first-order valence-corrected chi connectivity index (χ1v) is 8.03. The van der Waals surface area contributed by atoms with Crippen LogP contribution < -0.4 is 0 Å². The fraction of sp³-hybridized carbons (Fsp3) is 0.632. The van der Waals surface area contributed by atoms with Gasteiger partial charge in [0.2, 0.25) is 6.08 Å². The second kappa shape index (κ2) is 5.55. The van der Waals surface area contributed by atoms with E-state index in [9.17, 15) is 9.90 Å². The van der Waals surface area contributed by atoms with Gasteiger partial charge in [0.1, 0.15) is 11.3 Å². The Hall–Kier alpha value is -1.60. The molecule has 22 heavy (non-hydrogen) atoms. The Bertz CT molecular complexity index is 600. The van der Waals surface area contributed by atoms with Crippen molar-refractivity contribution in [3.8, 4) is 5.75 Å². The third kappa shape index (κ3) is 3.25. The monoisotopic (exact) mass is 301 g/mol. The normalized spacial score (nSPS) is 17.5. The van der Waals surface area contributed by atoms with Crippen molar-refractivity contribution in [3.05, 3.63) is 29.3 Å². The van der Waals surface area contributed by atoms with Gasteiger partial charge in [0.05, 0.1) is 0 Å². The molecule has 0 aliphatic heterocycles. The standard InChI is InChI=1S/C19H27NO2/c1-17(2,3)12-18(4,5)14-7-8-16(22)15(11-14)19(20-13-21)9-6-10-19/h7-8,11,22H,6,9-10,12H2,1-5H3. The number of benzene rings is 1. The molecule has 0 radical (unpaired) electrons. The predicted molar refractivity (Wildman–Crippen MR) is 88.9 cm³/mol. The number of hydrogen-bond acceptors (Lipinski definition) is 3. The lowest BCUT2D eigenvalue weighted by Crippen LogP contribution is -2.33. The summed E-state index contributed by atoms with van der Waals surface area (Å²) in [5.41, 5.74) is 1.62. The van der Waals surface area contributed by atoms with Crippen LogP contribution in [0.5, 0.6) is 5.75 Å². The SMILES string of the molecule is CC(C)(C)CC(C)(C)c1ccc(O)c(C2(N=C=O)CCC2)c1. The van der Waals surface area contributed by atoms with E-state index in [-0.39, 0.29) is 16.6 Å². The third-order valence-electron chi connectivity index (χ3n) is 4.69. The van der Waals surface area contributed by atoms with Gasteiger partial charge >= 0.3 is 0 Å². The molecule has 0 aromatic heterocycles. The van der Waals surface area contributed by atoms with Crippen molar-refractivity contribution in [2.24, 2.45) is 10.4 Å². The molecule has 1 N–H and O–H groups in total. The van der Waals surface area contributed by atoms with E-state index in [2.05, 4.69) is 39.6 Å². The summed E-state index contributed by atoms with van der Waals surface area (Å²) in [4.78, 5) is 14.8. The number of aromatic hydroxyl groups is 1. The summed E-state index contributed by atoms with van der Waals surface area (Å²) < 4.78 is 0. The molecule has 0 heterocycles. The fourth-order valence-electron chi connectivity index (χ4n) is 3.80. The van der Waals surface area contributed by atoms with Gasteiger partial charge in [0.15, 0.2) is 0 Å². The van der Waals surface area contributed by atoms with E-state index < -0.39 is 5.54 Å². The Labute approximate surface area is 133 Å². The molecule has 3 nitrogen and oxygen atoms in total. The van der Waals surface area contributed by atoms with E-state index in [1.807, 2.05) is 12.1 Å². The van der Waals surface area contributed by atoms with Crippen LogP contribution in [-0.2, 0) is 15.7 Å². The predicted octanol–water partition coefficient (Wildman–Crippen LogP) is 4.82. The first-order valence-electron chi connectivity index (χ1n) is 8.03. The molecule has 120 valence electrons. The molecule has 1 aromatic carbocycles. The summed E-state index contributed by atoms with van der Waals surface area (Å²) in [5, 5.41) is 10.3. The number of nitrogens with zero attached hydrogens (tertiary/aromatic N) is 1. The van der Waals surface area contributed by atoms with Crippen molar-refractivity contribution < 1.29 is 9.90 Å². The van der Waals surface area contributed by atoms with Crippen molar-refractivity contribution in [1.82, 2.24) is 0 Å². The minimum absolute atomic E-state index is 0.00344. The molecular weight excluding hydrogens is 274 g/mol. The van der Waals surface area contributed by atoms with Gasteiger partial charge < -0.3 is 5.11 Å². The minimum Gasteiger partial charge on any atom is -0.508 e. The summed E-state index contributed by atoms with van der Waals surface area (Å²) >= 11 is 0. The highest BCUT2D eigenvalue weighted by Crippen LogP contribution is 2.49. The smallest absolute Gasteiger partial charge is 0.235 e. The van der Waals surface area contributed by atoms with Gasteiger partial charge in [-0.2, -0.15) is 4.99 Å². The van der Waals surface area contributed by atoms with Gasteiger partial charge in [-0.25, -0.2) is 4.79 Å². The molecule has 2 rings (SSSR count). The Morgan fingerprint density at radius 3 is 2.32 bits per heavy atom. The summed E-state index contributed by atoms with van der Waals surface area (Å²) in [5.74, 6) is 0.231. The van der Waals surface area contributed by atoms with Crippen LogP contribution in [0.15, 0.2) is 23.2 Å². The van der Waals surface area contributed by atoms with Crippen molar-refractivity contribution in [3.63, 3.8) is 0 Å². The van der Waals surface area contributed by atoms with Gasteiger partial charge in [-0.15, -0.1) is 0 Å². The maximum atomic E-state index is 10.8. The average Bonchev–Trinajstić information content (AvgIpc) is 2.31. The fourth-order valence-corrected chi connectivity index (χ4v) is 3.80. The molecule has 1 saturated carbocycles. The number of aliphatic imine (C=N–C) groups is 1. The average molecular weight is 301 g/mol. The zero-order valence-corrected chi connectivity index (χ0v) is 14.4. The quantitative estimate of drug-likeness (QED) is 0.640. The Morgan fingerprint density at radius 1 is 1.23 bits per heavy atom. The Kier molecular flexibility index (Phi) is 4.23. The zero-order chi connectivity index (χ0) is 16.6. The molecule has 1 fully saturated rings. The van der Waals surface area contributed by atoms with Crippen LogP contribution >= 0.6 is 0 Å². The van der Waals surface area contributed by atoms with Gasteiger partial charge in [-0.3, -0.25) is 0 Å². The number of rotatable bonds is 4. The summed E-state index contributed by atoms with van der Waals surface area (Å²) in [6, 6.07) is 5.78. The summed E-state index contributed by atoms with van der Waals surface area (Å²) in [6.45, 7) is 11.2. The van der Waals surface area contributed by atoms with Crippen LogP contribution in [-0.4, -0.2) is 11.2 Å². The lowest BCUT2D eigenvalue weighted by molar-refractivity contribution is 0.246. The first kappa shape index (κ1) is 16.8. The molecule has 0 unspecified atom stereocenters. The first-order chi connectivity index (χ1) is 10.1. The minimum atomic E-state index is -0.556. The maximum absolute atomic E-state index is 10.8. The largest absolute Gasteiger partial charge is 0.508 e. The Morgan fingerprint density at radius 2 is 1.86 bits per heavy atom. The molecular formula is C19H27NO2. The highest BCUT2D eigenvalue weighted by Gasteiger charge is 2.41. The highest BCUT2D eigenvalue weighted by atomic mass is 16.3. The van der Waals surface area contributed by atoms with Crippen molar-refractivity contribution in [1.29, 1.82) is 0 Å². The molecule has 3 heteroatoms. The number of phenols is 1. The number of hydrogen-bond donors (Lipinski definition) is 1. The van der Waals surface area contributed by atoms with Crippen LogP contribution in [0.4, 0.5) is 0 Å². The molecule has 0 spiro atoms. The van der Waals surface area contributed by atoms with E-state index >= 15 is 0 Å². The number of phenolic OH excluding ortho intramolecular Hbond substituents is 1. The molecule has 0 atom stereocenters. The molecule has 0 saturated heterocycles. The molecule has 1 aromatic rings. The van der Waals surface area contributed by atoms with Gasteiger partial charge in [-0.1, -0.05) is 40.7 Å². The van der Waals surface area contributed by atoms with Crippen LogP contribution in [0, 0.1) is 5.41 Å². The lowest BCUT2D eigenvalue weighted by Gasteiger charge is -2.39. The Balaban J connectivity index is 2.45. The second-order valence-corrected chi connectivity index (χ2v) is 8.44. The van der Waals surface area contributed by atoms with Gasteiger partial charge in [0.25, 0.3) is 0 Å². The number of carbonyl (C=O) groups excluding carboxylic acids is 1. The van der Waals surface area contributed by atoms with Crippen LogP contribution in [0.1, 0.15) is 71.4 Å². The maximum Gasteiger partial charge on any atom is 0.235 e. The lowest BCUT2D eigenvalue weighted by atomic mass is 9.68. The molecule has 1 aliphatic rings. The van der Waals surface area contributed by atoms with E-state index in [0.717, 1.165) is 31.2 Å². The topological polar surface area (TPSA) is 49.7 Å². The van der Waals surface area contributed by atoms with E-state index in [4.69, 9.17) is 0 Å². The summed E-state index contributed by atoms with van der Waals surface area (Å²) in [7, 11) is 0. The second-order valence-electron chi connectivity index (χ2n) is 8.44. The van der Waals surface area contributed by atoms with Crippen LogP contribution in [0.25, 0.3) is 0 Å².